The minimum Gasteiger partial charge on any atom is -0.247 e. The fraction of sp³-hybridized carbons (Fsp3) is 0.0769. The quantitative estimate of drug-likeness (QED) is 0.875. The number of amides is 2. The molecule has 1 N–H and O–H groups in total. The van der Waals surface area contributed by atoms with Crippen LogP contribution in [0.25, 0.3) is 0 Å². The second-order valence-electron chi connectivity index (χ2n) is 4.50. The Hall–Kier alpha value is -2.48. The van der Waals surface area contributed by atoms with Gasteiger partial charge in [-0.25, -0.2) is 32.2 Å². The highest BCUT2D eigenvalue weighted by Gasteiger charge is 2.35. The predicted octanol–water partition coefficient (Wildman–Crippen LogP) is 2.08. The molecule has 1 aliphatic heterocycles. The van der Waals surface area contributed by atoms with E-state index in [9.17, 15) is 17.6 Å². The molecule has 0 spiro atoms. The molecule has 2 aromatic rings. The summed E-state index contributed by atoms with van der Waals surface area (Å²) >= 11 is 0. The van der Waals surface area contributed by atoms with Crippen LogP contribution in [0.15, 0.2) is 41.4 Å². The molecule has 0 bridgehead atoms. The van der Waals surface area contributed by atoms with E-state index in [-0.39, 0.29) is 16.4 Å². The summed E-state index contributed by atoms with van der Waals surface area (Å²) in [6.07, 6.45) is 1.37. The van der Waals surface area contributed by atoms with E-state index in [1.165, 1.54) is 30.5 Å². The number of pyridine rings is 1. The molecule has 3 rings (SSSR count). The third kappa shape index (κ3) is 2.13. The zero-order valence-corrected chi connectivity index (χ0v) is 11.7. The number of nitrogens with one attached hydrogen (secondary N) is 1. The number of halogens is 1. The fourth-order valence-corrected chi connectivity index (χ4v) is 3.11. The summed E-state index contributed by atoms with van der Waals surface area (Å²) in [7, 11) is -3.95. The van der Waals surface area contributed by atoms with Crippen LogP contribution < -0.4 is 9.62 Å². The van der Waals surface area contributed by atoms with E-state index in [4.69, 9.17) is 0 Å². The summed E-state index contributed by atoms with van der Waals surface area (Å²) in [6, 6.07) is 6.06. The highest BCUT2D eigenvalue weighted by atomic mass is 32.2. The van der Waals surface area contributed by atoms with Crippen LogP contribution in [0.1, 0.15) is 5.56 Å². The Bertz CT molecular complexity index is 851. The van der Waals surface area contributed by atoms with Crippen molar-refractivity contribution in [2.75, 3.05) is 4.90 Å². The number of nitrogens with zero attached hydrogens (tertiary/aromatic N) is 2. The normalized spacial score (nSPS) is 16.3. The lowest BCUT2D eigenvalue weighted by atomic mass is 10.2. The number of aryl methyl sites for hydroxylation is 1. The highest BCUT2D eigenvalue weighted by Crippen LogP contribution is 2.33. The van der Waals surface area contributed by atoms with Gasteiger partial charge in [-0.15, -0.1) is 0 Å². The number of anilines is 2. The Labute approximate surface area is 120 Å². The van der Waals surface area contributed by atoms with Crippen molar-refractivity contribution in [3.8, 4) is 0 Å². The number of aromatic nitrogens is 1. The van der Waals surface area contributed by atoms with E-state index in [2.05, 4.69) is 4.98 Å². The van der Waals surface area contributed by atoms with Crippen LogP contribution in [-0.4, -0.2) is 19.4 Å². The molecule has 0 saturated heterocycles. The topological polar surface area (TPSA) is 79.4 Å². The van der Waals surface area contributed by atoms with E-state index in [1.807, 2.05) is 4.72 Å². The number of rotatable bonds is 1. The first-order valence-corrected chi connectivity index (χ1v) is 7.46. The van der Waals surface area contributed by atoms with Gasteiger partial charge in [0.05, 0.1) is 5.69 Å². The molecule has 0 aliphatic carbocycles. The van der Waals surface area contributed by atoms with Gasteiger partial charge in [0, 0.05) is 6.20 Å². The summed E-state index contributed by atoms with van der Waals surface area (Å²) in [6.45, 7) is 1.59. The van der Waals surface area contributed by atoms with E-state index in [1.54, 1.807) is 6.92 Å². The molecule has 6 nitrogen and oxygen atoms in total. The number of benzene rings is 1. The Morgan fingerprint density at radius 3 is 2.76 bits per heavy atom. The van der Waals surface area contributed by atoms with Crippen LogP contribution in [-0.2, 0) is 10.0 Å². The van der Waals surface area contributed by atoms with Gasteiger partial charge >= 0.3 is 6.03 Å². The van der Waals surface area contributed by atoms with Crippen molar-refractivity contribution in [3.63, 3.8) is 0 Å². The average Bonchev–Trinajstić information content (AvgIpc) is 2.42. The van der Waals surface area contributed by atoms with Crippen LogP contribution in [0, 0.1) is 12.7 Å². The molecule has 1 aromatic heterocycles. The first-order valence-electron chi connectivity index (χ1n) is 5.98. The van der Waals surface area contributed by atoms with E-state index < -0.39 is 21.9 Å². The second kappa shape index (κ2) is 4.52. The number of carbonyl (C=O) groups is 1. The molecule has 0 saturated carbocycles. The lowest BCUT2D eigenvalue weighted by Crippen LogP contribution is -2.45. The van der Waals surface area contributed by atoms with Crippen LogP contribution in [0.4, 0.5) is 20.7 Å². The molecule has 0 radical (unpaired) electrons. The van der Waals surface area contributed by atoms with E-state index >= 15 is 0 Å². The molecular formula is C13H10FN3O3S. The summed E-state index contributed by atoms with van der Waals surface area (Å²) < 4.78 is 39.4. The smallest absolute Gasteiger partial charge is 0.247 e. The lowest BCUT2D eigenvalue weighted by molar-refractivity contribution is 0.252. The van der Waals surface area contributed by atoms with E-state index in [0.29, 0.717) is 5.56 Å². The van der Waals surface area contributed by atoms with Gasteiger partial charge in [0.2, 0.25) is 0 Å². The third-order valence-corrected chi connectivity index (χ3v) is 4.43. The van der Waals surface area contributed by atoms with Gasteiger partial charge in [-0.1, -0.05) is 6.07 Å². The van der Waals surface area contributed by atoms with Gasteiger partial charge in [-0.05, 0) is 36.8 Å². The molecule has 108 valence electrons. The van der Waals surface area contributed by atoms with Gasteiger partial charge in [0.1, 0.15) is 10.7 Å². The summed E-state index contributed by atoms with van der Waals surface area (Å²) in [4.78, 5) is 16.9. The number of sulfonamides is 1. The SMILES string of the molecule is Cc1ccc(N2C(=O)NS(=O)(=O)c3cccnc32)cc1F. The average molecular weight is 307 g/mol. The predicted molar refractivity (Wildman–Crippen MR) is 73.2 cm³/mol. The minimum atomic E-state index is -3.95. The Morgan fingerprint density at radius 2 is 2.05 bits per heavy atom. The van der Waals surface area contributed by atoms with E-state index in [0.717, 1.165) is 11.0 Å². The monoisotopic (exact) mass is 307 g/mol. The van der Waals surface area contributed by atoms with Crippen molar-refractivity contribution in [2.24, 2.45) is 0 Å². The molecule has 2 heterocycles. The maximum absolute atomic E-state index is 13.7. The number of carbonyl (C=O) groups excluding carboxylic acids is 1. The highest BCUT2D eigenvalue weighted by molar-refractivity contribution is 7.90. The largest absolute Gasteiger partial charge is 0.341 e. The summed E-state index contributed by atoms with van der Waals surface area (Å²) in [5.74, 6) is -0.546. The molecule has 21 heavy (non-hydrogen) atoms. The molecular weight excluding hydrogens is 297 g/mol. The lowest BCUT2D eigenvalue weighted by Gasteiger charge is -2.28. The first-order chi connectivity index (χ1) is 9.90. The minimum absolute atomic E-state index is 0.0514. The number of hydrogen-bond acceptors (Lipinski definition) is 4. The van der Waals surface area contributed by atoms with Gasteiger partial charge < -0.3 is 0 Å². The van der Waals surface area contributed by atoms with Crippen molar-refractivity contribution in [1.29, 1.82) is 0 Å². The number of fused-ring (bicyclic) bond motifs is 1. The third-order valence-electron chi connectivity index (χ3n) is 3.09. The zero-order valence-electron chi connectivity index (χ0n) is 10.9. The molecule has 0 fully saturated rings. The molecule has 0 atom stereocenters. The summed E-state index contributed by atoms with van der Waals surface area (Å²) in [5.41, 5.74) is 0.621. The maximum atomic E-state index is 13.7. The maximum Gasteiger partial charge on any atom is 0.341 e. The number of hydrogen-bond donors (Lipinski definition) is 1. The first kappa shape index (κ1) is 13.5. The molecule has 1 aliphatic rings. The van der Waals surface area contributed by atoms with Crippen molar-refractivity contribution >= 4 is 27.6 Å². The van der Waals surface area contributed by atoms with Crippen LogP contribution in [0.3, 0.4) is 0 Å². The van der Waals surface area contributed by atoms with Crippen molar-refractivity contribution in [3.05, 3.63) is 47.9 Å². The van der Waals surface area contributed by atoms with Crippen molar-refractivity contribution < 1.29 is 17.6 Å². The van der Waals surface area contributed by atoms with Gasteiger partial charge in [0.15, 0.2) is 5.82 Å². The zero-order chi connectivity index (χ0) is 15.2. The van der Waals surface area contributed by atoms with Crippen LogP contribution in [0.2, 0.25) is 0 Å². The van der Waals surface area contributed by atoms with Crippen molar-refractivity contribution in [1.82, 2.24) is 9.71 Å². The standard InChI is InChI=1S/C13H10FN3O3S/c1-8-4-5-9(7-10(8)14)17-12-11(3-2-6-15-12)21(19,20)16-13(17)18/h2-7H,1H3,(H,16,18). The molecule has 0 unspecified atom stereocenters. The fourth-order valence-electron chi connectivity index (χ4n) is 2.03. The molecule has 1 aromatic carbocycles. The number of urea groups is 1. The van der Waals surface area contributed by atoms with Crippen LogP contribution >= 0.6 is 0 Å². The van der Waals surface area contributed by atoms with Gasteiger partial charge in [-0.2, -0.15) is 0 Å². The molecule has 2 amide bonds. The van der Waals surface area contributed by atoms with Crippen molar-refractivity contribution in [2.45, 2.75) is 11.8 Å². The van der Waals surface area contributed by atoms with Gasteiger partial charge in [-0.3, -0.25) is 0 Å². The Kier molecular flexibility index (Phi) is 2.91. The van der Waals surface area contributed by atoms with Crippen LogP contribution in [0.5, 0.6) is 0 Å². The second-order valence-corrected chi connectivity index (χ2v) is 6.16. The Balaban J connectivity index is 2.23. The summed E-state index contributed by atoms with van der Waals surface area (Å²) in [5, 5.41) is 0. The molecule has 8 heteroatoms. The van der Waals surface area contributed by atoms with Gasteiger partial charge in [0.25, 0.3) is 10.0 Å². The Morgan fingerprint density at radius 1 is 1.29 bits per heavy atom.